The Morgan fingerprint density at radius 3 is 1.37 bits per heavy atom. The maximum Gasteiger partial charge on any atom is 0.214 e. The Balaban J connectivity index is 1.89. The van der Waals surface area contributed by atoms with Gasteiger partial charge in [-0.1, -0.05) is 103 Å². The Labute approximate surface area is 189 Å². The van der Waals surface area contributed by atoms with Crippen molar-refractivity contribution in [3.8, 4) is 0 Å². The van der Waals surface area contributed by atoms with Crippen LogP contribution in [-0.4, -0.2) is 62.7 Å². The van der Waals surface area contributed by atoms with Crippen molar-refractivity contribution in [1.82, 2.24) is 4.31 Å². The number of likely N-dealkylation sites (N-methyl/N-ethyl adjacent to an activating group) is 1. The molecule has 0 spiro atoms. The van der Waals surface area contributed by atoms with E-state index in [1.54, 1.807) is 4.31 Å². The zero-order valence-electron chi connectivity index (χ0n) is 20.7. The molecule has 180 valence electrons. The number of nitrogens with zero attached hydrogens (tertiary/aromatic N) is 2. The minimum absolute atomic E-state index is 0.348. The zero-order chi connectivity index (χ0) is 22.1. The third-order valence-electron chi connectivity index (χ3n) is 7.19. The number of sulfonamides is 1. The average Bonchev–Trinajstić information content (AvgIpc) is 2.73. The van der Waals surface area contributed by atoms with Gasteiger partial charge in [0.15, 0.2) is 0 Å². The number of rotatable bonds is 19. The molecular formula is C25H53N2O2S+. The summed E-state index contributed by atoms with van der Waals surface area (Å²) in [6.45, 7) is 8.87. The van der Waals surface area contributed by atoms with E-state index < -0.39 is 10.0 Å². The largest absolute Gasteiger partial charge is 0.324 e. The summed E-state index contributed by atoms with van der Waals surface area (Å²) in [5.74, 6) is 0.348. The summed E-state index contributed by atoms with van der Waals surface area (Å²) in [6, 6.07) is 0. The molecule has 1 heterocycles. The highest BCUT2D eigenvalue weighted by Crippen LogP contribution is 2.16. The highest BCUT2D eigenvalue weighted by Gasteiger charge is 2.32. The first-order valence-electron chi connectivity index (χ1n) is 13.2. The minimum Gasteiger partial charge on any atom is -0.324 e. The van der Waals surface area contributed by atoms with Gasteiger partial charge in [-0.15, -0.1) is 0 Å². The predicted octanol–water partition coefficient (Wildman–Crippen LogP) is 6.36. The van der Waals surface area contributed by atoms with Crippen LogP contribution in [0.25, 0.3) is 0 Å². The quantitative estimate of drug-likeness (QED) is 0.171. The van der Waals surface area contributed by atoms with Gasteiger partial charge in [0, 0.05) is 0 Å². The summed E-state index contributed by atoms with van der Waals surface area (Å²) in [6.07, 6.45) is 21.1. The SMILES string of the molecule is CCCCCCCCCCCCCCCCCCS(=O)(=O)N1CC[N+](C)(CC)CC1. The van der Waals surface area contributed by atoms with Gasteiger partial charge in [-0.25, -0.2) is 8.42 Å². The number of unbranched alkanes of at least 4 members (excludes halogenated alkanes) is 15. The number of hydrogen-bond acceptors (Lipinski definition) is 2. The lowest BCUT2D eigenvalue weighted by atomic mass is 10.0. The summed E-state index contributed by atoms with van der Waals surface area (Å²) < 4.78 is 27.9. The highest BCUT2D eigenvalue weighted by atomic mass is 32.2. The molecule has 1 rings (SSSR count). The van der Waals surface area contributed by atoms with Crippen molar-refractivity contribution in [2.45, 2.75) is 117 Å². The second-order valence-corrected chi connectivity index (χ2v) is 12.0. The van der Waals surface area contributed by atoms with Crippen LogP contribution in [0.1, 0.15) is 117 Å². The standard InChI is InChI=1S/C25H53N2O2S/c1-4-6-7-8-9-10-11-12-13-14-15-16-17-18-19-20-25-30(28,29)26-21-23-27(3,5-2)24-22-26/h4-25H2,1-3H3/q+1. The lowest BCUT2D eigenvalue weighted by molar-refractivity contribution is -0.911. The molecule has 1 saturated heterocycles. The molecule has 0 aromatic heterocycles. The van der Waals surface area contributed by atoms with Crippen LogP contribution in [0.5, 0.6) is 0 Å². The van der Waals surface area contributed by atoms with E-state index in [-0.39, 0.29) is 0 Å². The third kappa shape index (κ3) is 12.7. The van der Waals surface area contributed by atoms with Gasteiger partial charge in [-0.2, -0.15) is 4.31 Å². The van der Waals surface area contributed by atoms with E-state index >= 15 is 0 Å². The van der Waals surface area contributed by atoms with Crippen LogP contribution in [0.2, 0.25) is 0 Å². The van der Waals surface area contributed by atoms with Crippen LogP contribution in [0.15, 0.2) is 0 Å². The normalized spacial score (nSPS) is 17.4. The van der Waals surface area contributed by atoms with E-state index in [0.29, 0.717) is 18.8 Å². The topological polar surface area (TPSA) is 37.4 Å². The van der Waals surface area contributed by atoms with Crippen molar-refractivity contribution < 1.29 is 12.9 Å². The molecular weight excluding hydrogens is 392 g/mol. The molecule has 0 atom stereocenters. The molecule has 0 aromatic rings. The summed E-state index contributed by atoms with van der Waals surface area (Å²) in [5.41, 5.74) is 0. The second-order valence-electron chi connectivity index (χ2n) is 9.90. The molecule has 1 aliphatic heterocycles. The van der Waals surface area contributed by atoms with Crippen molar-refractivity contribution >= 4 is 10.0 Å². The fourth-order valence-corrected chi connectivity index (χ4v) is 6.03. The molecule has 0 radical (unpaired) electrons. The maximum atomic E-state index is 12.6. The van der Waals surface area contributed by atoms with Crippen LogP contribution >= 0.6 is 0 Å². The van der Waals surface area contributed by atoms with E-state index in [1.165, 1.54) is 89.9 Å². The second kappa shape index (κ2) is 16.5. The number of piperazine rings is 1. The molecule has 5 heteroatoms. The molecule has 0 aliphatic carbocycles. The van der Waals surface area contributed by atoms with Gasteiger partial charge in [0.25, 0.3) is 0 Å². The van der Waals surface area contributed by atoms with Gasteiger partial charge in [0.1, 0.15) is 0 Å². The van der Waals surface area contributed by atoms with Gasteiger partial charge in [-0.05, 0) is 13.3 Å². The van der Waals surface area contributed by atoms with Crippen molar-refractivity contribution in [3.05, 3.63) is 0 Å². The van der Waals surface area contributed by atoms with Crippen molar-refractivity contribution in [1.29, 1.82) is 0 Å². The Morgan fingerprint density at radius 1 is 0.633 bits per heavy atom. The number of quaternary nitrogens is 1. The van der Waals surface area contributed by atoms with E-state index in [2.05, 4.69) is 20.9 Å². The lowest BCUT2D eigenvalue weighted by Gasteiger charge is -2.40. The van der Waals surface area contributed by atoms with E-state index in [0.717, 1.165) is 37.0 Å². The first kappa shape index (κ1) is 27.9. The minimum atomic E-state index is -3.04. The van der Waals surface area contributed by atoms with Gasteiger partial charge in [0.2, 0.25) is 10.0 Å². The predicted molar refractivity (Wildman–Crippen MR) is 131 cm³/mol. The summed E-state index contributed by atoms with van der Waals surface area (Å²) in [7, 11) is -0.802. The van der Waals surface area contributed by atoms with Crippen LogP contribution in [0.3, 0.4) is 0 Å². The van der Waals surface area contributed by atoms with E-state index in [4.69, 9.17) is 0 Å². The first-order chi connectivity index (χ1) is 14.4. The van der Waals surface area contributed by atoms with Crippen LogP contribution in [-0.2, 0) is 10.0 Å². The van der Waals surface area contributed by atoms with Crippen molar-refractivity contribution in [3.63, 3.8) is 0 Å². The van der Waals surface area contributed by atoms with Gasteiger partial charge in [-0.3, -0.25) is 0 Å². The summed E-state index contributed by atoms with van der Waals surface area (Å²) in [4.78, 5) is 0. The zero-order valence-corrected chi connectivity index (χ0v) is 21.5. The molecule has 0 amide bonds. The summed E-state index contributed by atoms with van der Waals surface area (Å²) >= 11 is 0. The van der Waals surface area contributed by atoms with Gasteiger partial charge >= 0.3 is 0 Å². The molecule has 0 N–H and O–H groups in total. The van der Waals surface area contributed by atoms with Gasteiger partial charge in [0.05, 0.1) is 45.5 Å². The smallest absolute Gasteiger partial charge is 0.214 e. The van der Waals surface area contributed by atoms with E-state index in [1.807, 2.05) is 0 Å². The Kier molecular flexibility index (Phi) is 15.3. The molecule has 0 saturated carbocycles. The lowest BCUT2D eigenvalue weighted by Crippen LogP contribution is -2.58. The monoisotopic (exact) mass is 445 g/mol. The van der Waals surface area contributed by atoms with Crippen LogP contribution in [0.4, 0.5) is 0 Å². The van der Waals surface area contributed by atoms with Crippen molar-refractivity contribution in [2.24, 2.45) is 0 Å². The Hall–Kier alpha value is -0.130. The van der Waals surface area contributed by atoms with Crippen molar-refractivity contribution in [2.75, 3.05) is 45.5 Å². The van der Waals surface area contributed by atoms with Crippen LogP contribution < -0.4 is 0 Å². The van der Waals surface area contributed by atoms with Crippen LogP contribution in [0, 0.1) is 0 Å². The molecule has 1 aliphatic rings. The fourth-order valence-electron chi connectivity index (χ4n) is 4.49. The molecule has 4 nitrogen and oxygen atoms in total. The third-order valence-corrected chi connectivity index (χ3v) is 9.15. The Bertz CT molecular complexity index is 499. The average molecular weight is 446 g/mol. The van der Waals surface area contributed by atoms with E-state index in [9.17, 15) is 8.42 Å². The molecule has 1 fully saturated rings. The molecule has 0 aromatic carbocycles. The number of hydrogen-bond donors (Lipinski definition) is 0. The van der Waals surface area contributed by atoms with Gasteiger partial charge < -0.3 is 4.48 Å². The molecule has 0 bridgehead atoms. The molecule has 0 unspecified atom stereocenters. The summed E-state index contributed by atoms with van der Waals surface area (Å²) in [5, 5.41) is 0. The Morgan fingerprint density at radius 2 is 1.00 bits per heavy atom. The molecule has 30 heavy (non-hydrogen) atoms. The highest BCUT2D eigenvalue weighted by molar-refractivity contribution is 7.89. The first-order valence-corrected chi connectivity index (χ1v) is 14.9. The fraction of sp³-hybridized carbons (Fsp3) is 1.00. The maximum absolute atomic E-state index is 12.6.